The second-order valence-corrected chi connectivity index (χ2v) is 8.60. The standard InChI is InChI=1S/C17H24N2O5S/c1-24-15-4-6-16(7-5-15)25(22,23)18-13-8-14(9-13)19(11-17(20)21)10-12-2-3-12/h4-7,12-14,18H,2-3,8-11H2,1H3,(H,20,21). The molecule has 1 aromatic carbocycles. The van der Waals surface area contributed by atoms with Crippen molar-refractivity contribution in [1.82, 2.24) is 9.62 Å². The molecule has 2 N–H and O–H groups in total. The molecule has 3 rings (SSSR count). The number of methoxy groups -OCH3 is 1. The molecule has 7 nitrogen and oxygen atoms in total. The lowest BCUT2D eigenvalue weighted by molar-refractivity contribution is -0.139. The van der Waals surface area contributed by atoms with Gasteiger partial charge >= 0.3 is 5.97 Å². The lowest BCUT2D eigenvalue weighted by Gasteiger charge is -2.42. The highest BCUT2D eigenvalue weighted by Crippen LogP contribution is 2.34. The third-order valence-corrected chi connectivity index (χ3v) is 6.39. The topological polar surface area (TPSA) is 95.9 Å². The molecule has 0 radical (unpaired) electrons. The van der Waals surface area contributed by atoms with E-state index in [1.165, 1.54) is 19.2 Å². The second-order valence-electron chi connectivity index (χ2n) is 6.89. The quantitative estimate of drug-likeness (QED) is 0.682. The van der Waals surface area contributed by atoms with E-state index in [0.717, 1.165) is 19.4 Å². The number of carbonyl (C=O) groups is 1. The van der Waals surface area contributed by atoms with E-state index in [9.17, 15) is 13.2 Å². The van der Waals surface area contributed by atoms with Crippen molar-refractivity contribution in [3.05, 3.63) is 24.3 Å². The number of carboxylic acid groups (broad SMARTS) is 1. The smallest absolute Gasteiger partial charge is 0.317 e. The van der Waals surface area contributed by atoms with Crippen LogP contribution >= 0.6 is 0 Å². The third kappa shape index (κ3) is 4.71. The van der Waals surface area contributed by atoms with Gasteiger partial charge in [0.15, 0.2) is 0 Å². The van der Waals surface area contributed by atoms with Gasteiger partial charge < -0.3 is 9.84 Å². The van der Waals surface area contributed by atoms with Crippen LogP contribution in [0.2, 0.25) is 0 Å². The number of hydrogen-bond acceptors (Lipinski definition) is 5. The molecule has 2 saturated carbocycles. The Bertz CT molecular complexity index is 709. The van der Waals surface area contributed by atoms with E-state index in [-0.39, 0.29) is 23.5 Å². The first kappa shape index (κ1) is 18.2. The molecule has 8 heteroatoms. The van der Waals surface area contributed by atoms with Crippen LogP contribution in [0.5, 0.6) is 5.75 Å². The van der Waals surface area contributed by atoms with E-state index < -0.39 is 16.0 Å². The van der Waals surface area contributed by atoms with Crippen molar-refractivity contribution in [3.8, 4) is 5.75 Å². The minimum Gasteiger partial charge on any atom is -0.497 e. The molecule has 0 aromatic heterocycles. The van der Waals surface area contributed by atoms with Crippen LogP contribution in [-0.2, 0) is 14.8 Å². The van der Waals surface area contributed by atoms with Gasteiger partial charge in [-0.3, -0.25) is 9.69 Å². The van der Waals surface area contributed by atoms with E-state index in [0.29, 0.717) is 24.5 Å². The number of hydrogen-bond donors (Lipinski definition) is 2. The van der Waals surface area contributed by atoms with Crippen LogP contribution in [0.1, 0.15) is 25.7 Å². The molecule has 25 heavy (non-hydrogen) atoms. The summed E-state index contributed by atoms with van der Waals surface area (Å²) in [5, 5.41) is 9.07. The predicted octanol–water partition coefficient (Wildman–Crippen LogP) is 1.30. The number of nitrogens with one attached hydrogen (secondary N) is 1. The Morgan fingerprint density at radius 2 is 1.92 bits per heavy atom. The Kier molecular flexibility index (Phi) is 5.31. The highest BCUT2D eigenvalue weighted by molar-refractivity contribution is 7.89. The normalized spacial score (nSPS) is 23.3. The van der Waals surface area contributed by atoms with Crippen molar-refractivity contribution in [1.29, 1.82) is 0 Å². The van der Waals surface area contributed by atoms with Gasteiger partial charge in [0.1, 0.15) is 5.75 Å². The summed E-state index contributed by atoms with van der Waals surface area (Å²) in [5.41, 5.74) is 0. The molecular weight excluding hydrogens is 344 g/mol. The zero-order valence-electron chi connectivity index (χ0n) is 14.2. The molecule has 0 aliphatic heterocycles. The maximum absolute atomic E-state index is 12.4. The molecule has 0 spiro atoms. The first-order chi connectivity index (χ1) is 11.9. The van der Waals surface area contributed by atoms with Crippen molar-refractivity contribution in [2.24, 2.45) is 5.92 Å². The summed E-state index contributed by atoms with van der Waals surface area (Å²) >= 11 is 0. The Morgan fingerprint density at radius 3 is 2.44 bits per heavy atom. The predicted molar refractivity (Wildman–Crippen MR) is 92.1 cm³/mol. The van der Waals surface area contributed by atoms with Gasteiger partial charge in [-0.15, -0.1) is 0 Å². The number of aliphatic carboxylic acids is 1. The average Bonchev–Trinajstić information content (AvgIpc) is 3.33. The summed E-state index contributed by atoms with van der Waals surface area (Å²) in [7, 11) is -2.04. The number of nitrogens with zero attached hydrogens (tertiary/aromatic N) is 1. The first-order valence-corrected chi connectivity index (χ1v) is 9.98. The Hall–Kier alpha value is -1.64. The van der Waals surface area contributed by atoms with Crippen molar-refractivity contribution >= 4 is 16.0 Å². The molecular formula is C17H24N2O5S. The number of benzene rings is 1. The van der Waals surface area contributed by atoms with E-state index in [4.69, 9.17) is 9.84 Å². The highest BCUT2D eigenvalue weighted by Gasteiger charge is 2.38. The lowest BCUT2D eigenvalue weighted by Crippen LogP contribution is -2.55. The van der Waals surface area contributed by atoms with Gasteiger partial charge in [0, 0.05) is 18.6 Å². The van der Waals surface area contributed by atoms with Gasteiger partial charge in [0.2, 0.25) is 10.0 Å². The third-order valence-electron chi connectivity index (χ3n) is 4.85. The van der Waals surface area contributed by atoms with Crippen LogP contribution in [-0.4, -0.2) is 56.7 Å². The van der Waals surface area contributed by atoms with Crippen LogP contribution < -0.4 is 9.46 Å². The molecule has 0 atom stereocenters. The Labute approximate surface area is 148 Å². The fourth-order valence-electron chi connectivity index (χ4n) is 3.17. The monoisotopic (exact) mass is 368 g/mol. The summed E-state index contributed by atoms with van der Waals surface area (Å²) in [6.45, 7) is 0.827. The molecule has 2 aliphatic rings. The minimum atomic E-state index is -3.57. The van der Waals surface area contributed by atoms with E-state index in [2.05, 4.69) is 4.72 Å². The number of carboxylic acids is 1. The Balaban J connectivity index is 1.54. The van der Waals surface area contributed by atoms with Crippen molar-refractivity contribution in [3.63, 3.8) is 0 Å². The highest BCUT2D eigenvalue weighted by atomic mass is 32.2. The first-order valence-electron chi connectivity index (χ1n) is 8.49. The van der Waals surface area contributed by atoms with Gasteiger partial charge in [-0.2, -0.15) is 0 Å². The summed E-state index contributed by atoms with van der Waals surface area (Å²) in [4.78, 5) is 13.2. The van der Waals surface area contributed by atoms with Crippen LogP contribution in [0.4, 0.5) is 0 Å². The van der Waals surface area contributed by atoms with E-state index >= 15 is 0 Å². The fourth-order valence-corrected chi connectivity index (χ4v) is 4.43. The molecule has 0 heterocycles. The molecule has 0 saturated heterocycles. The number of rotatable bonds is 9. The lowest BCUT2D eigenvalue weighted by atomic mass is 9.86. The molecule has 138 valence electrons. The zero-order chi connectivity index (χ0) is 18.0. The van der Waals surface area contributed by atoms with Crippen molar-refractivity contribution < 1.29 is 23.1 Å². The van der Waals surface area contributed by atoms with Crippen molar-refractivity contribution in [2.45, 2.75) is 42.7 Å². The number of ether oxygens (including phenoxy) is 1. The molecule has 2 aliphatic carbocycles. The largest absolute Gasteiger partial charge is 0.497 e. The van der Waals surface area contributed by atoms with E-state index in [1.54, 1.807) is 12.1 Å². The van der Waals surface area contributed by atoms with Crippen molar-refractivity contribution in [2.75, 3.05) is 20.2 Å². The van der Waals surface area contributed by atoms with Crippen LogP contribution in [0.25, 0.3) is 0 Å². The fraction of sp³-hybridized carbons (Fsp3) is 0.588. The molecule has 0 amide bonds. The molecule has 1 aromatic rings. The van der Waals surface area contributed by atoms with Gasteiger partial charge in [-0.05, 0) is 55.9 Å². The van der Waals surface area contributed by atoms with Gasteiger partial charge in [0.25, 0.3) is 0 Å². The molecule has 2 fully saturated rings. The number of sulfonamides is 1. The van der Waals surface area contributed by atoms with Gasteiger partial charge in [-0.1, -0.05) is 0 Å². The minimum absolute atomic E-state index is 0.0269. The zero-order valence-corrected chi connectivity index (χ0v) is 15.0. The summed E-state index contributed by atoms with van der Waals surface area (Å²) in [5.74, 6) is 0.379. The maximum Gasteiger partial charge on any atom is 0.317 e. The average molecular weight is 368 g/mol. The molecule has 0 unspecified atom stereocenters. The summed E-state index contributed by atoms with van der Waals surface area (Å²) in [6.07, 6.45) is 3.62. The summed E-state index contributed by atoms with van der Waals surface area (Å²) in [6, 6.07) is 6.25. The Morgan fingerprint density at radius 1 is 1.28 bits per heavy atom. The SMILES string of the molecule is COc1ccc(S(=O)(=O)NC2CC(N(CC(=O)O)CC3CC3)C2)cc1. The van der Waals surface area contributed by atoms with Gasteiger partial charge in [-0.25, -0.2) is 13.1 Å². The van der Waals surface area contributed by atoms with Crippen LogP contribution in [0.3, 0.4) is 0 Å². The van der Waals surface area contributed by atoms with Gasteiger partial charge in [0.05, 0.1) is 18.6 Å². The maximum atomic E-state index is 12.4. The second kappa shape index (κ2) is 7.31. The van der Waals surface area contributed by atoms with Crippen LogP contribution in [0, 0.1) is 5.92 Å². The summed E-state index contributed by atoms with van der Waals surface area (Å²) < 4.78 is 32.6. The molecule has 0 bridgehead atoms. The van der Waals surface area contributed by atoms with E-state index in [1.807, 2.05) is 4.90 Å². The van der Waals surface area contributed by atoms with Crippen LogP contribution in [0.15, 0.2) is 29.2 Å².